The molecule has 5 rings (SSSR count). The zero-order valence-electron chi connectivity index (χ0n) is 25.0. The molecule has 15 heteroatoms. The summed E-state index contributed by atoms with van der Waals surface area (Å²) in [6.45, 7) is 9.89. The van der Waals surface area contributed by atoms with E-state index in [-0.39, 0.29) is 35.9 Å². The van der Waals surface area contributed by atoms with Gasteiger partial charge in [-0.3, -0.25) is 9.69 Å². The average Bonchev–Trinajstić information content (AvgIpc) is 3.60. The molecule has 44 heavy (non-hydrogen) atoms. The number of nitrogens with one attached hydrogen (secondary N) is 2. The number of anilines is 2. The molecule has 5 heterocycles. The molecule has 0 bridgehead atoms. The van der Waals surface area contributed by atoms with Gasteiger partial charge in [0, 0.05) is 58.5 Å². The fourth-order valence-electron chi connectivity index (χ4n) is 5.40. The summed E-state index contributed by atoms with van der Waals surface area (Å²) in [6, 6.07) is 0. The van der Waals surface area contributed by atoms with Gasteiger partial charge in [0.1, 0.15) is 27.8 Å². The molecule has 3 aromatic heterocycles. The lowest BCUT2D eigenvalue weighted by atomic mass is 9.88. The minimum atomic E-state index is -0.457. The number of rotatable bonds is 12. The monoisotopic (exact) mass is 665 g/mol. The maximum atomic E-state index is 13.1. The van der Waals surface area contributed by atoms with Gasteiger partial charge in [0.15, 0.2) is 10.9 Å². The molecule has 0 spiro atoms. The summed E-state index contributed by atoms with van der Waals surface area (Å²) in [5, 5.41) is 4.57. The minimum Gasteiger partial charge on any atom is -0.462 e. The molecule has 2 aliphatic rings. The molecule has 2 atom stereocenters. The predicted molar refractivity (Wildman–Crippen MR) is 170 cm³/mol. The van der Waals surface area contributed by atoms with E-state index in [1.54, 1.807) is 33.4 Å². The fraction of sp³-hybridized carbons (Fsp3) is 0.552. The number of piperidine rings is 1. The molecule has 0 aliphatic carbocycles. The van der Waals surface area contributed by atoms with Crippen LogP contribution in [0.4, 0.5) is 10.9 Å². The number of methoxy groups -OCH3 is 1. The van der Waals surface area contributed by atoms with E-state index >= 15 is 0 Å². The van der Waals surface area contributed by atoms with Crippen molar-refractivity contribution in [1.29, 1.82) is 0 Å². The summed E-state index contributed by atoms with van der Waals surface area (Å²) >= 11 is 13.7. The number of Topliss-reactive ketones (excluding diaryl/α,β-unsaturated/α-hetero) is 1. The molecule has 2 fully saturated rings. The Balaban J connectivity index is 1.27. The van der Waals surface area contributed by atoms with Crippen LogP contribution in [0.1, 0.15) is 45.6 Å². The number of hydrogen-bond acceptors (Lipinski definition) is 12. The second-order valence-electron chi connectivity index (χ2n) is 10.7. The van der Waals surface area contributed by atoms with Crippen molar-refractivity contribution in [3.8, 4) is 11.4 Å². The van der Waals surface area contributed by atoms with Crippen LogP contribution in [0.3, 0.4) is 0 Å². The summed E-state index contributed by atoms with van der Waals surface area (Å²) in [7, 11) is 1.64. The molecule has 0 unspecified atom stereocenters. The van der Waals surface area contributed by atoms with Crippen molar-refractivity contribution < 1.29 is 23.8 Å². The Morgan fingerprint density at radius 2 is 1.98 bits per heavy atom. The number of morpholine rings is 1. The number of nitrogens with zero attached hydrogens (tertiary/aromatic N) is 5. The van der Waals surface area contributed by atoms with E-state index in [1.807, 2.05) is 0 Å². The van der Waals surface area contributed by atoms with Crippen molar-refractivity contribution in [3.63, 3.8) is 0 Å². The standard InChI is InChI=1S/C29H37Cl2N7O5S/c1-4-43-28(40)27-25(19-14-34-22(15-33-19)32-6-8-37-9-11-42-12-10-37)36-29(44-27)38-7-5-18(21(16-38)41-3)13-20(39)26-24(31)23(30)17(2)35-26/h14-15,18,21,35H,4-13,16H2,1-3H3,(H,32,34)/t18-,21-/m0/s1. The number of esters is 1. The summed E-state index contributed by atoms with van der Waals surface area (Å²) in [5.74, 6) is 0.0543. The van der Waals surface area contributed by atoms with Gasteiger partial charge >= 0.3 is 5.97 Å². The highest BCUT2D eigenvalue weighted by atomic mass is 35.5. The summed E-state index contributed by atoms with van der Waals surface area (Å²) < 4.78 is 16.6. The second-order valence-corrected chi connectivity index (χ2v) is 12.4. The molecular formula is C29H37Cl2N7O5S. The Hall–Kier alpha value is -2.81. The maximum Gasteiger partial charge on any atom is 0.350 e. The highest BCUT2D eigenvalue weighted by molar-refractivity contribution is 7.17. The van der Waals surface area contributed by atoms with Crippen LogP contribution in [0.15, 0.2) is 12.4 Å². The van der Waals surface area contributed by atoms with Crippen LogP contribution in [0.5, 0.6) is 0 Å². The van der Waals surface area contributed by atoms with Gasteiger partial charge in [-0.25, -0.2) is 19.7 Å². The molecule has 0 radical (unpaired) electrons. The third-order valence-electron chi connectivity index (χ3n) is 7.86. The van der Waals surface area contributed by atoms with E-state index in [2.05, 4.69) is 30.1 Å². The highest BCUT2D eigenvalue weighted by Crippen LogP contribution is 2.37. The van der Waals surface area contributed by atoms with Gasteiger partial charge in [0.25, 0.3) is 0 Å². The van der Waals surface area contributed by atoms with Crippen LogP contribution in [0, 0.1) is 12.8 Å². The van der Waals surface area contributed by atoms with E-state index in [0.29, 0.717) is 63.1 Å². The Morgan fingerprint density at radius 3 is 2.64 bits per heavy atom. The van der Waals surface area contributed by atoms with Crippen molar-refractivity contribution >= 4 is 57.2 Å². The molecule has 238 valence electrons. The molecular weight excluding hydrogens is 629 g/mol. The van der Waals surface area contributed by atoms with E-state index in [4.69, 9.17) is 42.4 Å². The SMILES string of the molecule is CCOC(=O)c1sc(N2CC[C@@H](CC(=O)c3[nH]c(C)c(Cl)c3Cl)[C@@H](OC)C2)nc1-c1cnc(NCCN2CCOCC2)cn1. The number of aromatic amines is 1. The van der Waals surface area contributed by atoms with Crippen molar-refractivity contribution in [2.45, 2.75) is 32.8 Å². The molecule has 2 aliphatic heterocycles. The number of carbonyl (C=O) groups excluding carboxylic acids is 2. The van der Waals surface area contributed by atoms with Gasteiger partial charge in [-0.2, -0.15) is 0 Å². The Kier molecular flexibility index (Phi) is 11.1. The summed E-state index contributed by atoms with van der Waals surface area (Å²) in [6.07, 6.45) is 3.98. The molecule has 2 saturated heterocycles. The van der Waals surface area contributed by atoms with Crippen LogP contribution in [0.25, 0.3) is 11.4 Å². The quantitative estimate of drug-likeness (QED) is 0.208. The van der Waals surface area contributed by atoms with E-state index in [1.165, 1.54) is 11.3 Å². The van der Waals surface area contributed by atoms with Crippen LogP contribution >= 0.6 is 34.5 Å². The fourth-order valence-corrected chi connectivity index (χ4v) is 6.84. The van der Waals surface area contributed by atoms with Gasteiger partial charge in [-0.1, -0.05) is 34.5 Å². The number of aromatic nitrogens is 4. The molecule has 3 aromatic rings. The first-order valence-corrected chi connectivity index (χ1v) is 16.2. The summed E-state index contributed by atoms with van der Waals surface area (Å²) in [5.41, 5.74) is 1.90. The predicted octanol–water partition coefficient (Wildman–Crippen LogP) is 4.58. The molecule has 12 nitrogen and oxygen atoms in total. The smallest absolute Gasteiger partial charge is 0.350 e. The molecule has 2 N–H and O–H groups in total. The number of hydrogen-bond donors (Lipinski definition) is 2. The molecule has 0 amide bonds. The Morgan fingerprint density at radius 1 is 1.18 bits per heavy atom. The summed E-state index contributed by atoms with van der Waals surface area (Å²) in [4.78, 5) is 47.7. The van der Waals surface area contributed by atoms with Gasteiger partial charge in [0.05, 0.1) is 48.4 Å². The van der Waals surface area contributed by atoms with Crippen LogP contribution in [-0.4, -0.2) is 109 Å². The number of thiazole rings is 1. The number of carbonyl (C=O) groups is 2. The maximum absolute atomic E-state index is 13.1. The third kappa shape index (κ3) is 7.52. The zero-order chi connectivity index (χ0) is 31.2. The topological polar surface area (TPSA) is 135 Å². The van der Waals surface area contributed by atoms with Gasteiger partial charge in [-0.05, 0) is 26.2 Å². The minimum absolute atomic E-state index is 0.0275. The van der Waals surface area contributed by atoms with Gasteiger partial charge < -0.3 is 29.4 Å². The van der Waals surface area contributed by atoms with Gasteiger partial charge in [0.2, 0.25) is 0 Å². The molecule has 0 aromatic carbocycles. The van der Waals surface area contributed by atoms with Crippen molar-refractivity contribution in [2.24, 2.45) is 5.92 Å². The van der Waals surface area contributed by atoms with E-state index < -0.39 is 5.97 Å². The molecule has 0 saturated carbocycles. The lowest BCUT2D eigenvalue weighted by molar-refractivity contribution is 0.0375. The van der Waals surface area contributed by atoms with E-state index in [0.717, 1.165) is 39.4 Å². The number of halogens is 2. The van der Waals surface area contributed by atoms with Crippen LogP contribution in [-0.2, 0) is 14.2 Å². The van der Waals surface area contributed by atoms with Crippen molar-refractivity contribution in [2.75, 3.05) is 76.4 Å². The normalized spacial score (nSPS) is 19.2. The van der Waals surface area contributed by atoms with Crippen LogP contribution in [0.2, 0.25) is 10.0 Å². The second kappa shape index (κ2) is 15.0. The van der Waals surface area contributed by atoms with Crippen molar-refractivity contribution in [3.05, 3.63) is 38.7 Å². The lowest BCUT2D eigenvalue weighted by Gasteiger charge is -2.37. The number of ketones is 1. The zero-order valence-corrected chi connectivity index (χ0v) is 27.4. The van der Waals surface area contributed by atoms with Crippen LogP contribution < -0.4 is 10.2 Å². The first-order valence-electron chi connectivity index (χ1n) is 14.7. The highest BCUT2D eigenvalue weighted by Gasteiger charge is 2.34. The Bertz CT molecular complexity index is 1440. The first kappa shape index (κ1) is 32.6. The Labute approximate surface area is 270 Å². The lowest BCUT2D eigenvalue weighted by Crippen LogP contribution is -2.45. The number of ether oxygens (including phenoxy) is 3. The number of aryl methyl sites for hydroxylation is 1. The average molecular weight is 667 g/mol. The van der Waals surface area contributed by atoms with Gasteiger partial charge in [-0.15, -0.1) is 0 Å². The largest absolute Gasteiger partial charge is 0.462 e. The van der Waals surface area contributed by atoms with Crippen molar-refractivity contribution in [1.82, 2.24) is 24.8 Å². The third-order valence-corrected chi connectivity index (χ3v) is 9.90. The van der Waals surface area contributed by atoms with E-state index in [9.17, 15) is 9.59 Å². The first-order chi connectivity index (χ1) is 21.3. The number of H-pyrrole nitrogens is 1.